The Kier molecular flexibility index (Phi) is 7.33. The Morgan fingerprint density at radius 1 is 1.07 bits per heavy atom. The monoisotopic (exact) mass is 376 g/mol. The molecule has 3 fully saturated rings. The molecule has 1 amide bonds. The van der Waals surface area contributed by atoms with Gasteiger partial charge in [-0.2, -0.15) is 0 Å². The van der Waals surface area contributed by atoms with Crippen molar-refractivity contribution < 1.29 is 14.7 Å². The first-order chi connectivity index (χ1) is 13.1. The molecule has 4 atom stereocenters. The molecule has 2 saturated heterocycles. The highest BCUT2D eigenvalue weighted by Crippen LogP contribution is 2.42. The third-order valence-electron chi connectivity index (χ3n) is 6.93. The summed E-state index contributed by atoms with van der Waals surface area (Å²) in [4.78, 5) is 29.6. The van der Waals surface area contributed by atoms with Crippen molar-refractivity contribution in [3.05, 3.63) is 12.7 Å². The fraction of sp³-hybridized carbons (Fsp3) is 0.818. The molecule has 0 spiro atoms. The number of carboxylic acids is 1. The summed E-state index contributed by atoms with van der Waals surface area (Å²) in [6.07, 6.45) is 13.8. The fourth-order valence-electron chi connectivity index (χ4n) is 5.54. The number of amides is 1. The molecular formula is C22H36N2O3. The first kappa shape index (κ1) is 20.4. The molecular weight excluding hydrogens is 340 g/mol. The van der Waals surface area contributed by atoms with Gasteiger partial charge in [-0.25, -0.2) is 4.79 Å². The van der Waals surface area contributed by atoms with Gasteiger partial charge in [-0.1, -0.05) is 31.8 Å². The van der Waals surface area contributed by atoms with E-state index in [2.05, 4.69) is 11.5 Å². The second-order valence-corrected chi connectivity index (χ2v) is 8.67. The van der Waals surface area contributed by atoms with Crippen LogP contribution in [0.2, 0.25) is 0 Å². The molecule has 5 heteroatoms. The maximum absolute atomic E-state index is 13.5. The second kappa shape index (κ2) is 9.72. The summed E-state index contributed by atoms with van der Waals surface area (Å²) in [6, 6.07) is -0.729. The predicted molar refractivity (Wildman–Crippen MR) is 106 cm³/mol. The minimum absolute atomic E-state index is 0.0856. The lowest BCUT2D eigenvalue weighted by molar-refractivity contribution is -0.152. The van der Waals surface area contributed by atoms with Crippen LogP contribution in [0.25, 0.3) is 0 Å². The highest BCUT2D eigenvalue weighted by molar-refractivity contribution is 5.88. The summed E-state index contributed by atoms with van der Waals surface area (Å²) in [5, 5.41) is 9.83. The minimum atomic E-state index is -0.805. The third kappa shape index (κ3) is 4.74. The van der Waals surface area contributed by atoms with Gasteiger partial charge in [-0.05, 0) is 69.9 Å². The van der Waals surface area contributed by atoms with E-state index in [0.29, 0.717) is 12.5 Å². The largest absolute Gasteiger partial charge is 0.480 e. The van der Waals surface area contributed by atoms with Crippen molar-refractivity contribution in [2.45, 2.75) is 82.7 Å². The fourth-order valence-corrected chi connectivity index (χ4v) is 5.54. The van der Waals surface area contributed by atoms with Crippen LogP contribution in [-0.2, 0) is 9.59 Å². The number of hydrogen-bond acceptors (Lipinski definition) is 3. The lowest BCUT2D eigenvalue weighted by Crippen LogP contribution is -2.53. The lowest BCUT2D eigenvalue weighted by Gasteiger charge is -2.37. The van der Waals surface area contributed by atoms with E-state index in [9.17, 15) is 14.7 Å². The molecule has 1 N–H and O–H groups in total. The normalized spacial score (nSPS) is 29.5. The van der Waals surface area contributed by atoms with Gasteiger partial charge in [0.1, 0.15) is 6.04 Å². The van der Waals surface area contributed by atoms with Gasteiger partial charge >= 0.3 is 5.97 Å². The number of carbonyl (C=O) groups is 2. The maximum Gasteiger partial charge on any atom is 0.326 e. The molecule has 3 aliphatic rings. The average Bonchev–Trinajstić information content (AvgIpc) is 3.25. The van der Waals surface area contributed by atoms with Crippen molar-refractivity contribution in [2.24, 2.45) is 11.8 Å². The van der Waals surface area contributed by atoms with Crippen LogP contribution >= 0.6 is 0 Å². The summed E-state index contributed by atoms with van der Waals surface area (Å²) in [5.74, 6) is -0.158. The number of likely N-dealkylation sites (tertiary alicyclic amines) is 2. The number of carboxylic acid groups (broad SMARTS) is 1. The topological polar surface area (TPSA) is 60.9 Å². The van der Waals surface area contributed by atoms with Crippen molar-refractivity contribution in [1.82, 2.24) is 9.80 Å². The zero-order valence-corrected chi connectivity index (χ0v) is 16.7. The number of carbonyl (C=O) groups excluding carboxylic acids is 1. The van der Waals surface area contributed by atoms with Crippen LogP contribution in [0.1, 0.15) is 70.6 Å². The predicted octanol–water partition coefficient (Wildman–Crippen LogP) is 3.69. The molecule has 3 rings (SSSR count). The highest BCUT2D eigenvalue weighted by atomic mass is 16.4. The van der Waals surface area contributed by atoms with Crippen molar-refractivity contribution in [2.75, 3.05) is 19.6 Å². The van der Waals surface area contributed by atoms with Gasteiger partial charge in [0.15, 0.2) is 0 Å². The Morgan fingerprint density at radius 3 is 2.56 bits per heavy atom. The molecule has 0 unspecified atom stereocenters. The van der Waals surface area contributed by atoms with Crippen LogP contribution < -0.4 is 0 Å². The second-order valence-electron chi connectivity index (χ2n) is 8.67. The lowest BCUT2D eigenvalue weighted by atomic mass is 9.94. The smallest absolute Gasteiger partial charge is 0.326 e. The van der Waals surface area contributed by atoms with Gasteiger partial charge in [0.25, 0.3) is 0 Å². The molecule has 5 nitrogen and oxygen atoms in total. The molecule has 0 radical (unpaired) electrons. The number of fused-ring (bicyclic) bond motifs is 1. The van der Waals surface area contributed by atoms with E-state index in [-0.39, 0.29) is 17.9 Å². The maximum atomic E-state index is 13.5. The molecule has 0 bridgehead atoms. The van der Waals surface area contributed by atoms with Crippen LogP contribution in [0.4, 0.5) is 0 Å². The number of allylic oxidation sites excluding steroid dienone is 1. The van der Waals surface area contributed by atoms with E-state index < -0.39 is 12.0 Å². The van der Waals surface area contributed by atoms with Crippen LogP contribution in [0.15, 0.2) is 12.7 Å². The molecule has 0 aromatic rings. The number of unbranched alkanes of at least 4 members (excludes halogenated alkanes) is 3. The quantitative estimate of drug-likeness (QED) is 0.492. The number of nitrogens with zero attached hydrogens (tertiary/aromatic N) is 2. The summed E-state index contributed by atoms with van der Waals surface area (Å²) in [7, 11) is 0. The molecule has 2 aliphatic heterocycles. The first-order valence-corrected chi connectivity index (χ1v) is 11.0. The summed E-state index contributed by atoms with van der Waals surface area (Å²) in [6.45, 7) is 6.38. The van der Waals surface area contributed by atoms with Crippen LogP contribution in [-0.4, -0.2) is 58.5 Å². The number of hydrogen-bond donors (Lipinski definition) is 1. The summed E-state index contributed by atoms with van der Waals surface area (Å²) in [5.41, 5.74) is 0. The summed E-state index contributed by atoms with van der Waals surface area (Å²) >= 11 is 0. The molecule has 2 heterocycles. The van der Waals surface area contributed by atoms with Gasteiger partial charge in [0.05, 0.1) is 6.04 Å². The van der Waals surface area contributed by atoms with Crippen molar-refractivity contribution in [3.63, 3.8) is 0 Å². The average molecular weight is 377 g/mol. The molecule has 27 heavy (non-hydrogen) atoms. The third-order valence-corrected chi connectivity index (χ3v) is 6.93. The van der Waals surface area contributed by atoms with E-state index in [1.165, 1.54) is 6.42 Å². The van der Waals surface area contributed by atoms with Crippen LogP contribution in [0, 0.1) is 11.8 Å². The summed E-state index contributed by atoms with van der Waals surface area (Å²) < 4.78 is 0. The van der Waals surface area contributed by atoms with Gasteiger partial charge in [0.2, 0.25) is 5.91 Å². The molecule has 152 valence electrons. The van der Waals surface area contributed by atoms with Crippen molar-refractivity contribution in [1.29, 1.82) is 0 Å². The van der Waals surface area contributed by atoms with E-state index in [1.54, 1.807) is 4.90 Å². The highest BCUT2D eigenvalue weighted by Gasteiger charge is 2.50. The Labute approximate surface area is 163 Å². The van der Waals surface area contributed by atoms with Gasteiger partial charge < -0.3 is 10.0 Å². The molecule has 1 aliphatic carbocycles. The zero-order chi connectivity index (χ0) is 19.2. The Morgan fingerprint density at radius 2 is 1.85 bits per heavy atom. The number of aliphatic carboxylic acids is 1. The van der Waals surface area contributed by atoms with Gasteiger partial charge in [-0.15, -0.1) is 6.58 Å². The van der Waals surface area contributed by atoms with Gasteiger partial charge in [-0.3, -0.25) is 9.69 Å². The van der Waals surface area contributed by atoms with Crippen molar-refractivity contribution in [3.8, 4) is 0 Å². The molecule has 0 aromatic carbocycles. The van der Waals surface area contributed by atoms with Crippen LogP contribution in [0.3, 0.4) is 0 Å². The number of piperidine rings is 1. The Balaban J connectivity index is 1.68. The van der Waals surface area contributed by atoms with E-state index in [1.807, 2.05) is 6.08 Å². The van der Waals surface area contributed by atoms with Gasteiger partial charge in [0, 0.05) is 6.54 Å². The van der Waals surface area contributed by atoms with E-state index >= 15 is 0 Å². The SMILES string of the molecule is C=CCCCCC[C@@H](C(=O)N1C[C@@H]2CCC[C@@H]2[C@H]1C(=O)O)N1CCCCC1. The minimum Gasteiger partial charge on any atom is -0.480 e. The Hall–Kier alpha value is -1.36. The van der Waals surface area contributed by atoms with E-state index in [0.717, 1.165) is 77.3 Å². The molecule has 1 saturated carbocycles. The Bertz CT molecular complexity index is 530. The van der Waals surface area contributed by atoms with Crippen LogP contribution in [0.5, 0.6) is 0 Å². The standard InChI is InChI=1S/C22H36N2O3/c1-2-3-4-5-7-13-19(23-14-8-6-9-15-23)21(25)24-16-17-11-10-12-18(17)20(24)22(26)27/h2,17-20H,1,3-16H2,(H,26,27)/t17-,18-,19-,20-/m0/s1. The van der Waals surface area contributed by atoms with Crippen molar-refractivity contribution >= 4 is 11.9 Å². The van der Waals surface area contributed by atoms with E-state index in [4.69, 9.17) is 0 Å². The number of rotatable bonds is 9. The first-order valence-electron chi connectivity index (χ1n) is 11.0. The zero-order valence-electron chi connectivity index (χ0n) is 16.7. The molecule has 0 aromatic heterocycles.